The molecule has 0 aliphatic heterocycles. The van der Waals surface area contributed by atoms with Crippen molar-refractivity contribution in [2.45, 2.75) is 98.0 Å². The SMILES string of the molecule is CC(=O)C1CC1(P(=O)(OC(C)C)OC(C)C)P(=O)(OC(C)C)OC(C)C. The lowest BCUT2D eigenvalue weighted by Gasteiger charge is -2.36. The Hall–Kier alpha value is -0.0300. The van der Waals surface area contributed by atoms with E-state index in [1.807, 2.05) is 0 Å². The Balaban J connectivity index is 3.59. The average Bonchev–Trinajstić information content (AvgIpc) is 3.11. The summed E-state index contributed by atoms with van der Waals surface area (Å²) in [4.78, 5) is 10.6. The topological polar surface area (TPSA) is 88.1 Å². The lowest BCUT2D eigenvalue weighted by atomic mass is 10.3. The number of hydrogen-bond acceptors (Lipinski definition) is 7. The highest BCUT2D eigenvalue weighted by Gasteiger charge is 2.81. The zero-order chi connectivity index (χ0) is 20.5. The maximum absolute atomic E-state index is 13.9. The minimum absolute atomic E-state index is 0.0930. The van der Waals surface area contributed by atoms with Gasteiger partial charge in [-0.1, -0.05) is 0 Å². The minimum Gasteiger partial charge on any atom is -0.305 e. The molecule has 0 heterocycles. The molecule has 1 rings (SSSR count). The van der Waals surface area contributed by atoms with Crippen molar-refractivity contribution in [2.24, 2.45) is 5.92 Å². The van der Waals surface area contributed by atoms with Gasteiger partial charge < -0.3 is 18.1 Å². The molecule has 0 radical (unpaired) electrons. The first-order chi connectivity index (χ1) is 11.7. The number of ketones is 1. The van der Waals surface area contributed by atoms with Crippen LogP contribution in [0.15, 0.2) is 0 Å². The van der Waals surface area contributed by atoms with Crippen molar-refractivity contribution >= 4 is 21.0 Å². The van der Waals surface area contributed by atoms with Gasteiger partial charge in [0.05, 0.1) is 24.4 Å². The predicted molar refractivity (Wildman–Crippen MR) is 102 cm³/mol. The van der Waals surface area contributed by atoms with Gasteiger partial charge in [-0.15, -0.1) is 0 Å². The van der Waals surface area contributed by atoms with E-state index in [1.165, 1.54) is 6.92 Å². The molecule has 0 aromatic carbocycles. The smallest absolute Gasteiger partial charge is 0.305 e. The molecule has 0 spiro atoms. The quantitative estimate of drug-likeness (QED) is 0.421. The molecule has 0 aromatic heterocycles. The fourth-order valence-corrected chi connectivity index (χ4v) is 9.75. The third-order valence-corrected chi connectivity index (χ3v) is 10.9. The van der Waals surface area contributed by atoms with E-state index >= 15 is 0 Å². The zero-order valence-electron chi connectivity index (χ0n) is 17.3. The van der Waals surface area contributed by atoms with Crippen molar-refractivity contribution in [3.05, 3.63) is 0 Å². The second-order valence-electron chi connectivity index (χ2n) is 7.86. The molecule has 1 fully saturated rings. The highest BCUT2D eigenvalue weighted by atomic mass is 31.2. The van der Waals surface area contributed by atoms with Gasteiger partial charge in [-0.25, -0.2) is 0 Å². The summed E-state index contributed by atoms with van der Waals surface area (Å²) in [6.45, 7) is 15.1. The van der Waals surface area contributed by atoms with Gasteiger partial charge in [0.25, 0.3) is 0 Å². The van der Waals surface area contributed by atoms with Crippen LogP contribution in [0.5, 0.6) is 0 Å². The Morgan fingerprint density at radius 1 is 0.769 bits per heavy atom. The largest absolute Gasteiger partial charge is 0.350 e. The first-order valence-electron chi connectivity index (χ1n) is 9.15. The number of hydrogen-bond donors (Lipinski definition) is 0. The van der Waals surface area contributed by atoms with Crippen molar-refractivity contribution in [1.82, 2.24) is 0 Å². The first kappa shape index (κ1) is 24.0. The minimum atomic E-state index is -4.00. The van der Waals surface area contributed by atoms with Crippen LogP contribution in [0.25, 0.3) is 0 Å². The summed E-state index contributed by atoms with van der Waals surface area (Å²) in [6, 6.07) is 0. The molecular formula is C17H34O7P2. The molecule has 1 unspecified atom stereocenters. The molecule has 0 aromatic rings. The van der Waals surface area contributed by atoms with Crippen LogP contribution in [0.2, 0.25) is 0 Å². The van der Waals surface area contributed by atoms with Crippen LogP contribution < -0.4 is 0 Å². The number of Topliss-reactive ketones (excluding diaryl/α,β-unsaturated/α-hetero) is 1. The number of carbonyl (C=O) groups excluding carboxylic acids is 1. The molecule has 0 bridgehead atoms. The number of carbonyl (C=O) groups is 1. The third-order valence-electron chi connectivity index (χ3n) is 3.74. The van der Waals surface area contributed by atoms with Gasteiger partial charge in [0.1, 0.15) is 5.78 Å². The normalized spacial score (nSPS) is 20.4. The molecule has 0 amide bonds. The van der Waals surface area contributed by atoms with Crippen molar-refractivity contribution in [3.63, 3.8) is 0 Å². The van der Waals surface area contributed by atoms with Crippen molar-refractivity contribution in [1.29, 1.82) is 0 Å². The molecule has 1 saturated carbocycles. The molecule has 7 nitrogen and oxygen atoms in total. The van der Waals surface area contributed by atoms with E-state index in [0.29, 0.717) is 0 Å². The Morgan fingerprint density at radius 3 is 1.19 bits per heavy atom. The van der Waals surface area contributed by atoms with Crippen LogP contribution in [-0.2, 0) is 32.0 Å². The lowest BCUT2D eigenvalue weighted by molar-refractivity contribution is -0.118. The van der Waals surface area contributed by atoms with Crippen LogP contribution >= 0.6 is 15.2 Å². The summed E-state index contributed by atoms with van der Waals surface area (Å²) in [5, 5.41) is 0. The summed E-state index contributed by atoms with van der Waals surface area (Å²) >= 11 is 0. The van der Waals surface area contributed by atoms with Gasteiger partial charge in [-0.05, 0) is 68.7 Å². The maximum atomic E-state index is 13.9. The summed E-state index contributed by atoms with van der Waals surface area (Å²) in [5.41, 5.74) is 0. The van der Waals surface area contributed by atoms with Gasteiger partial charge in [0.2, 0.25) is 0 Å². The molecule has 1 atom stereocenters. The first-order valence-corrected chi connectivity index (χ1v) is 12.2. The summed E-state index contributed by atoms with van der Waals surface area (Å²) in [6.07, 6.45) is -1.70. The molecule has 0 saturated heterocycles. The second-order valence-corrected chi connectivity index (χ2v) is 12.6. The molecule has 26 heavy (non-hydrogen) atoms. The third kappa shape index (κ3) is 4.87. The summed E-state index contributed by atoms with van der Waals surface area (Å²) in [7, 11) is -8.00. The van der Waals surface area contributed by atoms with E-state index in [1.54, 1.807) is 55.4 Å². The Kier molecular flexibility index (Phi) is 7.89. The van der Waals surface area contributed by atoms with Crippen molar-refractivity contribution in [2.75, 3.05) is 0 Å². The van der Waals surface area contributed by atoms with Crippen molar-refractivity contribution < 1.29 is 32.0 Å². The van der Waals surface area contributed by atoms with Crippen molar-refractivity contribution in [3.8, 4) is 0 Å². The van der Waals surface area contributed by atoms with E-state index < -0.39 is 50.4 Å². The standard InChI is InChI=1S/C17H34O7P2/c1-11(2)21-25(19,22-12(3)4)17(10-16(17)15(9)18)26(20,23-13(5)6)24-14(7)8/h11-14,16H,10H2,1-9H3. The highest BCUT2D eigenvalue weighted by Crippen LogP contribution is 2.90. The van der Waals surface area contributed by atoms with Gasteiger partial charge in [0, 0.05) is 5.92 Å². The fraction of sp³-hybridized carbons (Fsp3) is 0.941. The molecule has 1 aliphatic rings. The zero-order valence-corrected chi connectivity index (χ0v) is 19.1. The molecule has 0 N–H and O–H groups in total. The monoisotopic (exact) mass is 412 g/mol. The van der Waals surface area contributed by atoms with Crippen LogP contribution in [0, 0.1) is 5.92 Å². The Labute approximate surface area is 157 Å². The summed E-state index contributed by atoms with van der Waals surface area (Å²) < 4.78 is 50.7. The Bertz CT molecular complexity index is 532. The van der Waals surface area contributed by atoms with Crippen LogP contribution in [-0.4, -0.2) is 35.1 Å². The van der Waals surface area contributed by atoms with Crippen LogP contribution in [0.4, 0.5) is 0 Å². The Morgan fingerprint density at radius 2 is 1.04 bits per heavy atom. The van der Waals surface area contributed by atoms with E-state index in [4.69, 9.17) is 18.1 Å². The molecule has 1 aliphatic carbocycles. The number of rotatable bonds is 11. The van der Waals surface area contributed by atoms with Gasteiger partial charge >= 0.3 is 15.2 Å². The molecule has 9 heteroatoms. The summed E-state index contributed by atoms with van der Waals surface area (Å²) in [5.74, 6) is -0.987. The lowest BCUT2D eigenvalue weighted by Crippen LogP contribution is -2.27. The van der Waals surface area contributed by atoms with Gasteiger partial charge in [-0.2, -0.15) is 0 Å². The van der Waals surface area contributed by atoms with E-state index in [9.17, 15) is 13.9 Å². The maximum Gasteiger partial charge on any atom is 0.350 e. The second kappa shape index (κ2) is 8.55. The van der Waals surface area contributed by atoms with Gasteiger partial charge in [0.15, 0.2) is 4.90 Å². The van der Waals surface area contributed by atoms with E-state index in [2.05, 4.69) is 0 Å². The highest BCUT2D eigenvalue weighted by molar-refractivity contribution is 7.75. The van der Waals surface area contributed by atoms with Crippen LogP contribution in [0.3, 0.4) is 0 Å². The molecule has 154 valence electrons. The van der Waals surface area contributed by atoms with Gasteiger partial charge in [-0.3, -0.25) is 13.9 Å². The fourth-order valence-electron chi connectivity index (χ4n) is 2.99. The predicted octanol–water partition coefficient (Wildman–Crippen LogP) is 5.38. The van der Waals surface area contributed by atoms with E-state index in [0.717, 1.165) is 0 Å². The average molecular weight is 412 g/mol. The molecular weight excluding hydrogens is 378 g/mol. The van der Waals surface area contributed by atoms with Crippen LogP contribution in [0.1, 0.15) is 68.7 Å². The van der Waals surface area contributed by atoms with E-state index in [-0.39, 0.29) is 12.2 Å².